The molecule has 1 aliphatic rings. The zero-order valence-corrected chi connectivity index (χ0v) is 15.7. The molecule has 1 aromatic heterocycles. The summed E-state index contributed by atoms with van der Waals surface area (Å²) in [5, 5.41) is 6.06. The molecular weight excluding hydrogens is 336 g/mol. The Morgan fingerprint density at radius 2 is 2.20 bits per heavy atom. The Kier molecular flexibility index (Phi) is 5.71. The average Bonchev–Trinajstić information content (AvgIpc) is 3.08. The van der Waals surface area contributed by atoms with Gasteiger partial charge in [0.05, 0.1) is 12.3 Å². The van der Waals surface area contributed by atoms with Crippen LogP contribution >= 0.6 is 11.3 Å². The summed E-state index contributed by atoms with van der Waals surface area (Å²) in [5.41, 5.74) is 3.00. The molecule has 25 heavy (non-hydrogen) atoms. The van der Waals surface area contributed by atoms with Gasteiger partial charge < -0.3 is 14.8 Å². The van der Waals surface area contributed by atoms with Crippen LogP contribution in [-0.2, 0) is 9.53 Å². The number of carbonyl (C=O) groups is 1. The van der Waals surface area contributed by atoms with Crippen LogP contribution in [0.2, 0.25) is 0 Å². The van der Waals surface area contributed by atoms with Crippen LogP contribution in [0, 0.1) is 0 Å². The lowest BCUT2D eigenvalue weighted by atomic mass is 9.91. The minimum atomic E-state index is 0.0127. The number of carbonyl (C=O) groups excluding carboxylic acids is 1. The largest absolute Gasteiger partial charge is 0.491 e. The molecule has 1 aliphatic heterocycles. The molecule has 1 amide bonds. The zero-order chi connectivity index (χ0) is 17.8. The third kappa shape index (κ3) is 4.19. The van der Waals surface area contributed by atoms with Crippen LogP contribution in [0.5, 0.6) is 5.75 Å². The Hall–Kier alpha value is -1.92. The molecule has 134 valence electrons. The second-order valence-corrected chi connectivity index (χ2v) is 7.25. The number of thiazole rings is 1. The fourth-order valence-corrected chi connectivity index (χ4v) is 3.94. The third-order valence-electron chi connectivity index (χ3n) is 4.19. The van der Waals surface area contributed by atoms with Crippen LogP contribution in [-0.4, -0.2) is 30.7 Å². The highest BCUT2D eigenvalue weighted by Crippen LogP contribution is 2.40. The van der Waals surface area contributed by atoms with Crippen molar-refractivity contribution in [2.75, 3.05) is 25.1 Å². The molecule has 1 N–H and O–H groups in total. The van der Waals surface area contributed by atoms with Gasteiger partial charge in [0.1, 0.15) is 17.4 Å². The van der Waals surface area contributed by atoms with E-state index >= 15 is 0 Å². The highest BCUT2D eigenvalue weighted by molar-refractivity contribution is 7.09. The van der Waals surface area contributed by atoms with E-state index in [2.05, 4.69) is 24.5 Å². The second kappa shape index (κ2) is 7.97. The van der Waals surface area contributed by atoms with Gasteiger partial charge >= 0.3 is 0 Å². The Morgan fingerprint density at radius 3 is 2.92 bits per heavy atom. The highest BCUT2D eigenvalue weighted by Gasteiger charge is 2.29. The molecule has 3 rings (SSSR count). The van der Waals surface area contributed by atoms with Gasteiger partial charge in [-0.2, -0.15) is 0 Å². The lowest BCUT2D eigenvalue weighted by molar-refractivity contribution is -0.116. The Bertz CT molecular complexity index is 742. The maximum absolute atomic E-state index is 12.2. The monoisotopic (exact) mass is 360 g/mol. The molecule has 2 heterocycles. The number of fused-ring (bicyclic) bond motifs is 1. The highest BCUT2D eigenvalue weighted by atomic mass is 32.1. The van der Waals surface area contributed by atoms with E-state index in [1.807, 2.05) is 25.1 Å². The lowest BCUT2D eigenvalue weighted by Gasteiger charge is -2.24. The first-order chi connectivity index (χ1) is 12.1. The van der Waals surface area contributed by atoms with Gasteiger partial charge in [0.25, 0.3) is 0 Å². The van der Waals surface area contributed by atoms with E-state index < -0.39 is 0 Å². The Labute approximate surface area is 152 Å². The van der Waals surface area contributed by atoms with Crippen LogP contribution in [0.3, 0.4) is 0 Å². The van der Waals surface area contributed by atoms with Crippen molar-refractivity contribution in [3.05, 3.63) is 39.8 Å². The summed E-state index contributed by atoms with van der Waals surface area (Å²) in [6.45, 7) is 7.95. The van der Waals surface area contributed by atoms with E-state index in [1.165, 1.54) is 0 Å². The van der Waals surface area contributed by atoms with Crippen LogP contribution in [0.4, 0.5) is 5.69 Å². The van der Waals surface area contributed by atoms with Crippen molar-refractivity contribution in [3.63, 3.8) is 0 Å². The summed E-state index contributed by atoms with van der Waals surface area (Å²) in [6.07, 6.45) is 0.433. The van der Waals surface area contributed by atoms with Crippen molar-refractivity contribution in [3.8, 4) is 5.75 Å². The van der Waals surface area contributed by atoms with Crippen LogP contribution in [0.15, 0.2) is 23.6 Å². The molecule has 0 aliphatic carbocycles. The van der Waals surface area contributed by atoms with Gasteiger partial charge in [0, 0.05) is 36.1 Å². The van der Waals surface area contributed by atoms with Crippen LogP contribution < -0.4 is 10.1 Å². The predicted molar refractivity (Wildman–Crippen MR) is 99.7 cm³/mol. The van der Waals surface area contributed by atoms with Crippen molar-refractivity contribution in [1.82, 2.24) is 4.98 Å². The van der Waals surface area contributed by atoms with Gasteiger partial charge in [-0.1, -0.05) is 19.9 Å². The number of anilines is 1. The van der Waals surface area contributed by atoms with E-state index in [1.54, 1.807) is 11.3 Å². The summed E-state index contributed by atoms with van der Waals surface area (Å²) in [7, 11) is 0. The van der Waals surface area contributed by atoms with Crippen molar-refractivity contribution in [2.24, 2.45) is 0 Å². The number of aromatic nitrogens is 1. The van der Waals surface area contributed by atoms with Crippen molar-refractivity contribution >= 4 is 22.9 Å². The third-order valence-corrected chi connectivity index (χ3v) is 5.17. The number of ether oxygens (including phenoxy) is 2. The van der Waals surface area contributed by atoms with Crippen LogP contribution in [0.1, 0.15) is 55.3 Å². The predicted octanol–water partition coefficient (Wildman–Crippen LogP) is 4.16. The van der Waals surface area contributed by atoms with E-state index in [0.29, 0.717) is 32.2 Å². The molecule has 5 nitrogen and oxygen atoms in total. The minimum absolute atomic E-state index is 0.0127. The van der Waals surface area contributed by atoms with Gasteiger partial charge in [-0.15, -0.1) is 11.3 Å². The maximum Gasteiger partial charge on any atom is 0.225 e. The van der Waals surface area contributed by atoms with Crippen molar-refractivity contribution in [1.29, 1.82) is 0 Å². The minimum Gasteiger partial charge on any atom is -0.491 e. The van der Waals surface area contributed by atoms with Gasteiger partial charge in [0.2, 0.25) is 5.91 Å². The van der Waals surface area contributed by atoms with E-state index in [-0.39, 0.29) is 11.8 Å². The first-order valence-corrected chi connectivity index (χ1v) is 9.56. The number of benzene rings is 1. The lowest BCUT2D eigenvalue weighted by Crippen LogP contribution is -2.23. The maximum atomic E-state index is 12.2. The smallest absolute Gasteiger partial charge is 0.225 e. The van der Waals surface area contributed by atoms with Gasteiger partial charge in [-0.25, -0.2) is 4.98 Å². The number of nitrogens with one attached hydrogen (secondary N) is 1. The molecule has 0 radical (unpaired) electrons. The van der Waals surface area contributed by atoms with E-state index in [9.17, 15) is 4.79 Å². The number of hydrogen-bond donors (Lipinski definition) is 1. The summed E-state index contributed by atoms with van der Waals surface area (Å²) in [5.74, 6) is 1.16. The van der Waals surface area contributed by atoms with E-state index in [4.69, 9.17) is 14.5 Å². The quantitative estimate of drug-likeness (QED) is 0.753. The Morgan fingerprint density at radius 1 is 1.36 bits per heavy atom. The number of hydrogen-bond acceptors (Lipinski definition) is 5. The molecule has 1 aromatic carbocycles. The number of rotatable bonds is 7. The second-order valence-electron chi connectivity index (χ2n) is 6.36. The van der Waals surface area contributed by atoms with E-state index in [0.717, 1.165) is 27.7 Å². The number of nitrogens with zero attached hydrogens (tertiary/aromatic N) is 1. The Balaban J connectivity index is 1.81. The summed E-state index contributed by atoms with van der Waals surface area (Å²) in [4.78, 5) is 16.9. The molecule has 0 fully saturated rings. The van der Waals surface area contributed by atoms with Crippen molar-refractivity contribution in [2.45, 2.75) is 39.0 Å². The topological polar surface area (TPSA) is 60.5 Å². The standard InChI is InChI=1S/C19H24N2O3S/c1-4-23-7-8-24-13-5-6-14-15(10-18(22)20-16(14)9-13)19-21-17(11-25-19)12(2)3/h5-6,9,11-12,15H,4,7-8,10H2,1-3H3,(H,20,22). The fraction of sp³-hybridized carbons (Fsp3) is 0.474. The number of amides is 1. The SMILES string of the molecule is CCOCCOc1ccc2c(c1)NC(=O)CC2c1nc(C(C)C)cs1. The van der Waals surface area contributed by atoms with Crippen molar-refractivity contribution < 1.29 is 14.3 Å². The first kappa shape index (κ1) is 17.9. The van der Waals surface area contributed by atoms with Crippen LogP contribution in [0.25, 0.3) is 0 Å². The summed E-state index contributed by atoms with van der Waals surface area (Å²) in [6, 6.07) is 5.88. The van der Waals surface area contributed by atoms with Gasteiger partial charge in [-0.3, -0.25) is 4.79 Å². The molecule has 2 aromatic rings. The van der Waals surface area contributed by atoms with Gasteiger partial charge in [0.15, 0.2) is 0 Å². The molecule has 0 bridgehead atoms. The molecule has 1 atom stereocenters. The zero-order valence-electron chi connectivity index (χ0n) is 14.9. The fourth-order valence-electron chi connectivity index (χ4n) is 2.84. The summed E-state index contributed by atoms with van der Waals surface area (Å²) >= 11 is 1.63. The molecule has 0 spiro atoms. The molecule has 0 saturated carbocycles. The average molecular weight is 360 g/mol. The molecule has 1 unspecified atom stereocenters. The first-order valence-electron chi connectivity index (χ1n) is 8.68. The summed E-state index contributed by atoms with van der Waals surface area (Å²) < 4.78 is 11.0. The normalized spacial score (nSPS) is 16.6. The molecule has 6 heteroatoms. The molecular formula is C19H24N2O3S. The van der Waals surface area contributed by atoms with Gasteiger partial charge in [-0.05, 0) is 24.5 Å². The molecule has 0 saturated heterocycles.